The molecule has 1 aliphatic rings. The Hall–Kier alpha value is -5.08. The van der Waals surface area contributed by atoms with Crippen LogP contribution >= 0.6 is 0 Å². The zero-order chi connectivity index (χ0) is 27.3. The standard InChI is InChI=1S/C39H28N2/c1-39(2)32-17-9-6-14-27(32)28-21-20-26(24-33(28)39)41-34-18-10-7-15-29(34)30-22-23-36-37(38(30)41)31-16-8-11-19-35(31)40(36)25-12-4-3-5-13-25/h3-24H,1-2H3. The second-order valence-electron chi connectivity index (χ2n) is 11.8. The maximum atomic E-state index is 2.51. The topological polar surface area (TPSA) is 9.86 Å². The summed E-state index contributed by atoms with van der Waals surface area (Å²) >= 11 is 0. The number of fused-ring (bicyclic) bond motifs is 10. The Morgan fingerprint density at radius 3 is 1.93 bits per heavy atom. The molecule has 0 aliphatic heterocycles. The Morgan fingerprint density at radius 2 is 1.10 bits per heavy atom. The van der Waals surface area contributed by atoms with E-state index in [0.29, 0.717) is 0 Å². The molecule has 194 valence electrons. The van der Waals surface area contributed by atoms with E-state index < -0.39 is 0 Å². The van der Waals surface area contributed by atoms with Gasteiger partial charge < -0.3 is 9.13 Å². The molecule has 2 heterocycles. The summed E-state index contributed by atoms with van der Waals surface area (Å²) in [6.45, 7) is 4.72. The number of benzene rings is 6. The second kappa shape index (κ2) is 7.99. The second-order valence-corrected chi connectivity index (χ2v) is 11.8. The lowest BCUT2D eigenvalue weighted by Gasteiger charge is -2.22. The molecular weight excluding hydrogens is 496 g/mol. The quantitative estimate of drug-likeness (QED) is 0.213. The third-order valence-electron chi connectivity index (χ3n) is 9.31. The maximum absolute atomic E-state index is 2.51. The first-order valence-corrected chi connectivity index (χ1v) is 14.4. The summed E-state index contributed by atoms with van der Waals surface area (Å²) in [5.74, 6) is 0. The molecule has 8 aromatic rings. The average Bonchev–Trinajstić information content (AvgIpc) is 3.61. The average molecular weight is 525 g/mol. The summed E-state index contributed by atoms with van der Waals surface area (Å²) in [5, 5.41) is 5.13. The van der Waals surface area contributed by atoms with Gasteiger partial charge in [0.1, 0.15) is 0 Å². The minimum absolute atomic E-state index is 0.0562. The van der Waals surface area contributed by atoms with E-state index in [2.05, 4.69) is 156 Å². The van der Waals surface area contributed by atoms with Gasteiger partial charge in [0.2, 0.25) is 0 Å². The smallest absolute Gasteiger partial charge is 0.0641 e. The fourth-order valence-electron chi connectivity index (χ4n) is 7.46. The fourth-order valence-corrected chi connectivity index (χ4v) is 7.46. The van der Waals surface area contributed by atoms with Gasteiger partial charge in [-0.2, -0.15) is 0 Å². The molecule has 0 bridgehead atoms. The van der Waals surface area contributed by atoms with Crippen LogP contribution in [0.3, 0.4) is 0 Å². The van der Waals surface area contributed by atoms with Gasteiger partial charge >= 0.3 is 0 Å². The van der Waals surface area contributed by atoms with Crippen molar-refractivity contribution in [3.05, 3.63) is 145 Å². The zero-order valence-corrected chi connectivity index (χ0v) is 23.1. The molecule has 6 aromatic carbocycles. The van der Waals surface area contributed by atoms with Crippen molar-refractivity contribution in [1.82, 2.24) is 9.13 Å². The SMILES string of the molecule is CC1(C)c2ccccc2-c2ccc(-n3c4ccccc4c4ccc5c(c6ccccc6n5-c5ccccc5)c43)cc21. The van der Waals surface area contributed by atoms with Crippen LogP contribution in [0, 0.1) is 0 Å². The van der Waals surface area contributed by atoms with Gasteiger partial charge in [0, 0.05) is 38.3 Å². The van der Waals surface area contributed by atoms with E-state index in [0.717, 1.165) is 0 Å². The molecule has 2 heteroatoms. The number of nitrogens with zero attached hydrogens (tertiary/aromatic N) is 2. The highest BCUT2D eigenvalue weighted by Gasteiger charge is 2.35. The molecule has 0 spiro atoms. The first-order chi connectivity index (χ1) is 20.1. The third-order valence-corrected chi connectivity index (χ3v) is 9.31. The minimum atomic E-state index is -0.0562. The summed E-state index contributed by atoms with van der Waals surface area (Å²) in [4.78, 5) is 0. The van der Waals surface area contributed by atoms with Crippen LogP contribution in [0.1, 0.15) is 25.0 Å². The van der Waals surface area contributed by atoms with Crippen molar-refractivity contribution in [1.29, 1.82) is 0 Å². The van der Waals surface area contributed by atoms with E-state index in [-0.39, 0.29) is 5.41 Å². The molecule has 2 aromatic heterocycles. The van der Waals surface area contributed by atoms with Gasteiger partial charge in [0.15, 0.2) is 0 Å². The predicted octanol–water partition coefficient (Wildman–Crippen LogP) is 10.2. The first-order valence-electron chi connectivity index (χ1n) is 14.4. The van der Waals surface area contributed by atoms with Crippen LogP contribution in [0.25, 0.3) is 66.1 Å². The van der Waals surface area contributed by atoms with Crippen LogP contribution in [-0.4, -0.2) is 9.13 Å². The Labute approximate surface area is 238 Å². The van der Waals surface area contributed by atoms with Crippen molar-refractivity contribution in [3.8, 4) is 22.5 Å². The molecule has 41 heavy (non-hydrogen) atoms. The molecule has 2 nitrogen and oxygen atoms in total. The molecule has 9 rings (SSSR count). The van der Waals surface area contributed by atoms with Crippen LogP contribution < -0.4 is 0 Å². The molecule has 0 atom stereocenters. The number of hydrogen-bond donors (Lipinski definition) is 0. The first kappa shape index (κ1) is 22.7. The van der Waals surface area contributed by atoms with Gasteiger partial charge in [0.05, 0.1) is 22.1 Å². The zero-order valence-electron chi connectivity index (χ0n) is 23.1. The molecular formula is C39H28N2. The van der Waals surface area contributed by atoms with E-state index in [9.17, 15) is 0 Å². The van der Waals surface area contributed by atoms with Crippen LogP contribution in [-0.2, 0) is 5.41 Å². The maximum Gasteiger partial charge on any atom is 0.0641 e. The van der Waals surface area contributed by atoms with Gasteiger partial charge in [-0.3, -0.25) is 0 Å². The van der Waals surface area contributed by atoms with Crippen molar-refractivity contribution in [2.24, 2.45) is 0 Å². The minimum Gasteiger partial charge on any atom is -0.309 e. The normalized spacial score (nSPS) is 13.8. The number of rotatable bonds is 2. The Bertz CT molecular complexity index is 2330. The van der Waals surface area contributed by atoms with Crippen molar-refractivity contribution < 1.29 is 0 Å². The van der Waals surface area contributed by atoms with E-state index >= 15 is 0 Å². The summed E-state index contributed by atoms with van der Waals surface area (Å²) in [7, 11) is 0. The molecule has 0 saturated carbocycles. The monoisotopic (exact) mass is 524 g/mol. The van der Waals surface area contributed by atoms with Crippen molar-refractivity contribution in [3.63, 3.8) is 0 Å². The highest BCUT2D eigenvalue weighted by atomic mass is 15.0. The van der Waals surface area contributed by atoms with Crippen LogP contribution in [0.4, 0.5) is 0 Å². The summed E-state index contributed by atoms with van der Waals surface area (Å²) in [6, 6.07) is 49.0. The lowest BCUT2D eigenvalue weighted by atomic mass is 9.82. The molecule has 0 saturated heterocycles. The van der Waals surface area contributed by atoms with Crippen molar-refractivity contribution in [2.45, 2.75) is 19.3 Å². The van der Waals surface area contributed by atoms with Crippen LogP contribution in [0.15, 0.2) is 133 Å². The Kier molecular flexibility index (Phi) is 4.42. The van der Waals surface area contributed by atoms with Gasteiger partial charge in [-0.1, -0.05) is 105 Å². The van der Waals surface area contributed by atoms with E-state index in [1.54, 1.807) is 0 Å². The molecule has 0 unspecified atom stereocenters. The lowest BCUT2D eigenvalue weighted by Crippen LogP contribution is -2.15. The largest absolute Gasteiger partial charge is 0.309 e. The van der Waals surface area contributed by atoms with Gasteiger partial charge in [0.25, 0.3) is 0 Å². The Morgan fingerprint density at radius 1 is 0.439 bits per heavy atom. The molecule has 1 aliphatic carbocycles. The molecule has 0 N–H and O–H groups in total. The summed E-state index contributed by atoms with van der Waals surface area (Å²) < 4.78 is 4.92. The number of para-hydroxylation sites is 3. The van der Waals surface area contributed by atoms with E-state index in [4.69, 9.17) is 0 Å². The highest BCUT2D eigenvalue weighted by Crippen LogP contribution is 2.50. The van der Waals surface area contributed by atoms with Gasteiger partial charge in [-0.05, 0) is 64.7 Å². The highest BCUT2D eigenvalue weighted by molar-refractivity contribution is 6.26. The van der Waals surface area contributed by atoms with E-state index in [1.165, 1.54) is 77.2 Å². The van der Waals surface area contributed by atoms with Crippen molar-refractivity contribution in [2.75, 3.05) is 0 Å². The van der Waals surface area contributed by atoms with Gasteiger partial charge in [-0.15, -0.1) is 0 Å². The van der Waals surface area contributed by atoms with Crippen LogP contribution in [0.5, 0.6) is 0 Å². The predicted molar refractivity (Wildman–Crippen MR) is 173 cm³/mol. The summed E-state index contributed by atoms with van der Waals surface area (Å²) in [6.07, 6.45) is 0. The van der Waals surface area contributed by atoms with Gasteiger partial charge in [-0.25, -0.2) is 0 Å². The third kappa shape index (κ3) is 2.92. The Balaban J connectivity index is 1.44. The molecule has 0 fully saturated rings. The van der Waals surface area contributed by atoms with Crippen LogP contribution in [0.2, 0.25) is 0 Å². The fraction of sp³-hybridized carbons (Fsp3) is 0.0769. The molecule has 0 radical (unpaired) electrons. The van der Waals surface area contributed by atoms with E-state index in [1.807, 2.05) is 0 Å². The van der Waals surface area contributed by atoms with Crippen molar-refractivity contribution >= 4 is 43.6 Å². The molecule has 0 amide bonds. The summed E-state index contributed by atoms with van der Waals surface area (Å²) in [5.41, 5.74) is 12.8. The number of aromatic nitrogens is 2. The lowest BCUT2D eigenvalue weighted by molar-refractivity contribution is 0.660. The number of hydrogen-bond acceptors (Lipinski definition) is 0.